The second-order valence-corrected chi connectivity index (χ2v) is 5.10. The molecule has 1 aliphatic rings. The number of nitro benzene ring substituents is 1. The van der Waals surface area contributed by atoms with Crippen molar-refractivity contribution >= 4 is 11.4 Å². The molecule has 21 heavy (non-hydrogen) atoms. The van der Waals surface area contributed by atoms with E-state index in [0.717, 1.165) is 24.5 Å². The highest BCUT2D eigenvalue weighted by Gasteiger charge is 2.19. The van der Waals surface area contributed by atoms with E-state index in [9.17, 15) is 10.1 Å². The van der Waals surface area contributed by atoms with Gasteiger partial charge >= 0.3 is 0 Å². The second kappa shape index (κ2) is 5.44. The van der Waals surface area contributed by atoms with E-state index in [2.05, 4.69) is 5.32 Å². The summed E-state index contributed by atoms with van der Waals surface area (Å²) >= 11 is 0. The van der Waals surface area contributed by atoms with Gasteiger partial charge in [0.25, 0.3) is 5.69 Å². The third kappa shape index (κ3) is 2.67. The topological polar surface area (TPSA) is 64.4 Å². The van der Waals surface area contributed by atoms with Crippen molar-refractivity contribution in [3.05, 3.63) is 63.7 Å². The molecule has 0 amide bonds. The summed E-state index contributed by atoms with van der Waals surface area (Å²) in [6.07, 6.45) is 0.907. The molecule has 5 heteroatoms. The average Bonchev–Trinajstić information content (AvgIpc) is 2.94. The monoisotopic (exact) mass is 284 g/mol. The molecule has 0 radical (unpaired) electrons. The Kier molecular flexibility index (Phi) is 3.48. The highest BCUT2D eigenvalue weighted by molar-refractivity contribution is 5.55. The van der Waals surface area contributed by atoms with Crippen molar-refractivity contribution in [2.75, 3.05) is 11.9 Å². The lowest BCUT2D eigenvalue weighted by atomic mass is 10.1. The number of nitrogens with one attached hydrogen (secondary N) is 1. The number of para-hydroxylation sites is 1. The van der Waals surface area contributed by atoms with Gasteiger partial charge in [-0.05, 0) is 30.7 Å². The lowest BCUT2D eigenvalue weighted by Crippen LogP contribution is -2.09. The van der Waals surface area contributed by atoms with Gasteiger partial charge in [-0.3, -0.25) is 10.1 Å². The molecule has 2 aromatic rings. The van der Waals surface area contributed by atoms with Gasteiger partial charge in [-0.1, -0.05) is 18.2 Å². The number of fused-ring (bicyclic) bond motifs is 1. The number of rotatable bonds is 4. The largest absolute Gasteiger partial charge is 0.493 e. The van der Waals surface area contributed by atoms with Crippen LogP contribution in [-0.2, 0) is 6.42 Å². The molecular weight excluding hydrogens is 268 g/mol. The molecule has 0 aromatic heterocycles. The van der Waals surface area contributed by atoms with Crippen molar-refractivity contribution < 1.29 is 9.66 Å². The fraction of sp³-hybridized carbons (Fsp3) is 0.250. The number of nitrogens with zero attached hydrogens (tertiary/aromatic N) is 1. The third-order valence-corrected chi connectivity index (χ3v) is 3.67. The first-order valence-corrected chi connectivity index (χ1v) is 6.91. The van der Waals surface area contributed by atoms with E-state index >= 15 is 0 Å². The predicted octanol–water partition coefficient (Wildman–Crippen LogP) is 3.70. The summed E-state index contributed by atoms with van der Waals surface area (Å²) in [5.74, 6) is 0.930. The predicted molar refractivity (Wildman–Crippen MR) is 80.8 cm³/mol. The van der Waals surface area contributed by atoms with E-state index < -0.39 is 0 Å². The fourth-order valence-corrected chi connectivity index (χ4v) is 2.62. The quantitative estimate of drug-likeness (QED) is 0.686. The first-order chi connectivity index (χ1) is 10.1. The van der Waals surface area contributed by atoms with E-state index in [1.165, 1.54) is 11.6 Å². The molecule has 108 valence electrons. The Hall–Kier alpha value is -2.56. The van der Waals surface area contributed by atoms with Crippen molar-refractivity contribution in [2.45, 2.75) is 19.4 Å². The molecule has 0 aliphatic carbocycles. The number of hydrogen-bond donors (Lipinski definition) is 1. The van der Waals surface area contributed by atoms with Crippen LogP contribution in [0, 0.1) is 10.1 Å². The minimum absolute atomic E-state index is 0.141. The Morgan fingerprint density at radius 3 is 2.90 bits per heavy atom. The number of hydrogen-bond acceptors (Lipinski definition) is 4. The Labute approximate surface area is 122 Å². The van der Waals surface area contributed by atoms with E-state index in [4.69, 9.17) is 4.74 Å². The highest BCUT2D eigenvalue weighted by Crippen LogP contribution is 2.31. The Balaban J connectivity index is 1.83. The standard InChI is InChI=1S/C16H16N2O3/c1-11(14-4-2-3-5-15(14)18(19)20)17-13-6-7-16-12(10-13)8-9-21-16/h2-7,10-11,17H,8-9H2,1H3. The summed E-state index contributed by atoms with van der Waals surface area (Å²) in [5.41, 5.74) is 2.95. The number of ether oxygens (including phenoxy) is 1. The van der Waals surface area contributed by atoms with Crippen LogP contribution in [0.5, 0.6) is 5.75 Å². The van der Waals surface area contributed by atoms with E-state index in [-0.39, 0.29) is 16.7 Å². The number of anilines is 1. The van der Waals surface area contributed by atoms with Crippen LogP contribution in [-0.4, -0.2) is 11.5 Å². The number of nitro groups is 1. The number of benzene rings is 2. The van der Waals surface area contributed by atoms with Gasteiger partial charge in [0, 0.05) is 18.2 Å². The summed E-state index contributed by atoms with van der Waals surface area (Å²) in [5, 5.41) is 14.4. The minimum atomic E-state index is -0.343. The van der Waals surface area contributed by atoms with Gasteiger partial charge in [-0.25, -0.2) is 0 Å². The normalized spacial score (nSPS) is 14.1. The van der Waals surface area contributed by atoms with Gasteiger partial charge < -0.3 is 10.1 Å². The van der Waals surface area contributed by atoms with Gasteiger partial charge in [0.1, 0.15) is 5.75 Å². The maximum Gasteiger partial charge on any atom is 0.274 e. The summed E-state index contributed by atoms with van der Waals surface area (Å²) in [4.78, 5) is 10.8. The van der Waals surface area contributed by atoms with Gasteiger partial charge in [0.15, 0.2) is 0 Å². The van der Waals surface area contributed by atoms with Crippen LogP contribution in [0.3, 0.4) is 0 Å². The summed E-state index contributed by atoms with van der Waals surface area (Å²) in [6, 6.07) is 12.6. The van der Waals surface area contributed by atoms with Crippen LogP contribution in [0.25, 0.3) is 0 Å². The van der Waals surface area contributed by atoms with Crippen molar-refractivity contribution in [3.8, 4) is 5.75 Å². The lowest BCUT2D eigenvalue weighted by Gasteiger charge is -2.16. The molecule has 1 aliphatic heterocycles. The minimum Gasteiger partial charge on any atom is -0.493 e. The molecule has 0 bridgehead atoms. The van der Waals surface area contributed by atoms with Gasteiger partial charge in [0.05, 0.1) is 23.1 Å². The average molecular weight is 284 g/mol. The third-order valence-electron chi connectivity index (χ3n) is 3.67. The van der Waals surface area contributed by atoms with Crippen LogP contribution in [0.15, 0.2) is 42.5 Å². The highest BCUT2D eigenvalue weighted by atomic mass is 16.6. The Morgan fingerprint density at radius 1 is 1.29 bits per heavy atom. The van der Waals surface area contributed by atoms with Gasteiger partial charge in [-0.2, -0.15) is 0 Å². The molecule has 1 N–H and O–H groups in total. The summed E-state index contributed by atoms with van der Waals surface area (Å²) < 4.78 is 5.48. The fourth-order valence-electron chi connectivity index (χ4n) is 2.62. The van der Waals surface area contributed by atoms with Crippen LogP contribution in [0.4, 0.5) is 11.4 Å². The van der Waals surface area contributed by atoms with Gasteiger partial charge in [-0.15, -0.1) is 0 Å². The first kappa shape index (κ1) is 13.4. The summed E-state index contributed by atoms with van der Waals surface area (Å²) in [6.45, 7) is 2.64. The zero-order valence-electron chi connectivity index (χ0n) is 11.7. The smallest absolute Gasteiger partial charge is 0.274 e. The lowest BCUT2D eigenvalue weighted by molar-refractivity contribution is -0.385. The molecule has 0 fully saturated rings. The second-order valence-electron chi connectivity index (χ2n) is 5.10. The van der Waals surface area contributed by atoms with Crippen LogP contribution >= 0.6 is 0 Å². The first-order valence-electron chi connectivity index (χ1n) is 6.91. The molecule has 1 heterocycles. The Bertz CT molecular complexity index is 685. The zero-order chi connectivity index (χ0) is 14.8. The maximum atomic E-state index is 11.1. The molecule has 3 rings (SSSR count). The van der Waals surface area contributed by atoms with E-state index in [1.807, 2.05) is 31.2 Å². The molecule has 2 aromatic carbocycles. The van der Waals surface area contributed by atoms with Crippen LogP contribution in [0.1, 0.15) is 24.1 Å². The van der Waals surface area contributed by atoms with Crippen LogP contribution < -0.4 is 10.1 Å². The van der Waals surface area contributed by atoms with Crippen molar-refractivity contribution in [1.82, 2.24) is 0 Å². The molecule has 0 saturated heterocycles. The summed E-state index contributed by atoms with van der Waals surface area (Å²) in [7, 11) is 0. The van der Waals surface area contributed by atoms with Gasteiger partial charge in [0.2, 0.25) is 0 Å². The Morgan fingerprint density at radius 2 is 2.10 bits per heavy atom. The molecule has 1 atom stereocenters. The van der Waals surface area contributed by atoms with Crippen molar-refractivity contribution in [2.24, 2.45) is 0 Å². The van der Waals surface area contributed by atoms with E-state index in [0.29, 0.717) is 5.56 Å². The SMILES string of the molecule is CC(Nc1ccc2c(c1)CCO2)c1ccccc1[N+](=O)[O-]. The van der Waals surface area contributed by atoms with Crippen LogP contribution in [0.2, 0.25) is 0 Å². The molecule has 5 nitrogen and oxygen atoms in total. The molecule has 1 unspecified atom stereocenters. The van der Waals surface area contributed by atoms with E-state index in [1.54, 1.807) is 12.1 Å². The van der Waals surface area contributed by atoms with Crippen molar-refractivity contribution in [1.29, 1.82) is 0 Å². The molecular formula is C16H16N2O3. The molecule has 0 saturated carbocycles. The van der Waals surface area contributed by atoms with Crippen molar-refractivity contribution in [3.63, 3.8) is 0 Å². The zero-order valence-corrected chi connectivity index (χ0v) is 11.7. The maximum absolute atomic E-state index is 11.1. The molecule has 0 spiro atoms.